The minimum atomic E-state index is -0.558. The number of fused-ring (bicyclic) bond motifs is 2. The Morgan fingerprint density at radius 3 is 2.47 bits per heavy atom. The fraction of sp³-hybridized carbons (Fsp3) is 0.0435. The van der Waals surface area contributed by atoms with Gasteiger partial charge in [0.15, 0.2) is 5.65 Å². The van der Waals surface area contributed by atoms with Crippen LogP contribution in [0.15, 0.2) is 67.1 Å². The molecule has 1 N–H and O–H groups in total. The standard InChI is InChI=1S/C23H15F2N5/c1-26-22-16-7-9-27-21(14(16)6-10-29-22)17-12-20(18-11-13(24)4-5-19(18)25)30-23-15(17)3-2-8-28-23/h2-12H,1H3,(H,26,29). The predicted octanol–water partition coefficient (Wildman–Crippen LogP) is 5.23. The van der Waals surface area contributed by atoms with Crippen LogP contribution in [0, 0.1) is 11.6 Å². The van der Waals surface area contributed by atoms with E-state index in [1.165, 1.54) is 0 Å². The molecule has 5 rings (SSSR count). The Morgan fingerprint density at radius 1 is 0.767 bits per heavy atom. The Morgan fingerprint density at radius 2 is 1.60 bits per heavy atom. The molecular formula is C23H15F2N5. The van der Waals surface area contributed by atoms with E-state index in [0.29, 0.717) is 11.3 Å². The van der Waals surface area contributed by atoms with E-state index in [4.69, 9.17) is 0 Å². The van der Waals surface area contributed by atoms with Crippen molar-refractivity contribution >= 4 is 27.6 Å². The van der Waals surface area contributed by atoms with Crippen LogP contribution >= 0.6 is 0 Å². The highest BCUT2D eigenvalue weighted by Gasteiger charge is 2.16. The molecule has 0 aliphatic heterocycles. The minimum Gasteiger partial charge on any atom is -0.373 e. The van der Waals surface area contributed by atoms with E-state index in [0.717, 1.165) is 45.7 Å². The topological polar surface area (TPSA) is 63.6 Å². The quantitative estimate of drug-likeness (QED) is 0.450. The van der Waals surface area contributed by atoms with Crippen molar-refractivity contribution < 1.29 is 8.78 Å². The average molecular weight is 399 g/mol. The summed E-state index contributed by atoms with van der Waals surface area (Å²) in [5.74, 6) is -0.370. The molecule has 0 atom stereocenters. The first-order valence-corrected chi connectivity index (χ1v) is 9.29. The summed E-state index contributed by atoms with van der Waals surface area (Å²) in [6, 6.07) is 12.5. The van der Waals surface area contributed by atoms with Crippen LogP contribution in [0.1, 0.15) is 0 Å². The van der Waals surface area contributed by atoms with Gasteiger partial charge in [0, 0.05) is 52.9 Å². The number of rotatable bonds is 3. The van der Waals surface area contributed by atoms with Crippen molar-refractivity contribution in [2.75, 3.05) is 12.4 Å². The van der Waals surface area contributed by atoms with Gasteiger partial charge in [-0.2, -0.15) is 0 Å². The van der Waals surface area contributed by atoms with Crippen molar-refractivity contribution in [2.24, 2.45) is 0 Å². The summed E-state index contributed by atoms with van der Waals surface area (Å²) in [7, 11) is 1.80. The SMILES string of the molecule is CNc1nccc2c(-c3cc(-c4cc(F)ccc4F)nc4ncccc34)nccc12. The highest BCUT2D eigenvalue weighted by atomic mass is 19.1. The number of nitrogens with one attached hydrogen (secondary N) is 1. The molecule has 0 aliphatic rings. The third-order valence-electron chi connectivity index (χ3n) is 4.97. The maximum atomic E-state index is 14.5. The molecule has 5 nitrogen and oxygen atoms in total. The fourth-order valence-electron chi connectivity index (χ4n) is 3.60. The Hall–Kier alpha value is -4.00. The highest BCUT2D eigenvalue weighted by Crippen LogP contribution is 2.35. The number of pyridine rings is 4. The second kappa shape index (κ2) is 7.11. The summed E-state index contributed by atoms with van der Waals surface area (Å²) in [6.45, 7) is 0. The highest BCUT2D eigenvalue weighted by molar-refractivity contribution is 6.05. The van der Waals surface area contributed by atoms with Crippen molar-refractivity contribution in [3.8, 4) is 22.5 Å². The van der Waals surface area contributed by atoms with E-state index in [1.807, 2.05) is 24.3 Å². The maximum absolute atomic E-state index is 14.5. The van der Waals surface area contributed by atoms with Crippen molar-refractivity contribution in [3.05, 3.63) is 78.8 Å². The number of halogens is 2. The number of nitrogens with zero attached hydrogens (tertiary/aromatic N) is 4. The summed E-state index contributed by atoms with van der Waals surface area (Å²) < 4.78 is 28.3. The lowest BCUT2D eigenvalue weighted by molar-refractivity contribution is 0.602. The van der Waals surface area contributed by atoms with Gasteiger partial charge in [0.25, 0.3) is 0 Å². The first-order chi connectivity index (χ1) is 14.7. The third kappa shape index (κ3) is 2.91. The predicted molar refractivity (Wildman–Crippen MR) is 113 cm³/mol. The van der Waals surface area contributed by atoms with Crippen LogP contribution in [0.25, 0.3) is 44.3 Å². The molecule has 0 spiro atoms. The van der Waals surface area contributed by atoms with Gasteiger partial charge in [-0.1, -0.05) is 0 Å². The van der Waals surface area contributed by atoms with Crippen molar-refractivity contribution in [3.63, 3.8) is 0 Å². The first-order valence-electron chi connectivity index (χ1n) is 9.29. The third-order valence-corrected chi connectivity index (χ3v) is 4.97. The monoisotopic (exact) mass is 399 g/mol. The summed E-state index contributed by atoms with van der Waals surface area (Å²) in [5.41, 5.74) is 2.20. The van der Waals surface area contributed by atoms with Crippen molar-refractivity contribution in [2.45, 2.75) is 0 Å². The van der Waals surface area contributed by atoms with E-state index in [2.05, 4.69) is 25.3 Å². The Kier molecular flexibility index (Phi) is 4.28. The van der Waals surface area contributed by atoms with Crippen LogP contribution in [-0.2, 0) is 0 Å². The molecule has 4 heterocycles. The van der Waals surface area contributed by atoms with Gasteiger partial charge in [0.2, 0.25) is 0 Å². The summed E-state index contributed by atoms with van der Waals surface area (Å²) in [6.07, 6.45) is 5.02. The lowest BCUT2D eigenvalue weighted by atomic mass is 9.99. The van der Waals surface area contributed by atoms with E-state index < -0.39 is 11.6 Å². The lowest BCUT2D eigenvalue weighted by Crippen LogP contribution is -1.97. The summed E-state index contributed by atoms with van der Waals surface area (Å²) >= 11 is 0. The lowest BCUT2D eigenvalue weighted by Gasteiger charge is -2.12. The molecule has 0 bridgehead atoms. The minimum absolute atomic E-state index is 0.0709. The van der Waals surface area contributed by atoms with Crippen LogP contribution in [-0.4, -0.2) is 27.0 Å². The number of hydrogen-bond donors (Lipinski definition) is 1. The van der Waals surface area contributed by atoms with E-state index >= 15 is 0 Å². The van der Waals surface area contributed by atoms with Crippen molar-refractivity contribution in [1.82, 2.24) is 19.9 Å². The number of benzene rings is 1. The van der Waals surface area contributed by atoms with E-state index in [-0.39, 0.29) is 11.3 Å². The van der Waals surface area contributed by atoms with E-state index in [9.17, 15) is 8.78 Å². The van der Waals surface area contributed by atoms with Gasteiger partial charge in [0.05, 0.1) is 11.4 Å². The number of hydrogen-bond acceptors (Lipinski definition) is 5. The zero-order chi connectivity index (χ0) is 20.7. The van der Waals surface area contributed by atoms with Gasteiger partial charge in [-0.25, -0.2) is 23.7 Å². The fourth-order valence-corrected chi connectivity index (χ4v) is 3.60. The molecule has 0 saturated carbocycles. The molecule has 146 valence electrons. The number of aromatic nitrogens is 4. The Bertz CT molecular complexity index is 1420. The van der Waals surface area contributed by atoms with Crippen LogP contribution in [0.3, 0.4) is 0 Å². The summed E-state index contributed by atoms with van der Waals surface area (Å²) in [5, 5.41) is 5.62. The van der Waals surface area contributed by atoms with Gasteiger partial charge in [-0.3, -0.25) is 4.98 Å². The molecule has 0 unspecified atom stereocenters. The van der Waals surface area contributed by atoms with Gasteiger partial charge in [-0.15, -0.1) is 0 Å². The van der Waals surface area contributed by atoms with Crippen LogP contribution in [0.2, 0.25) is 0 Å². The zero-order valence-electron chi connectivity index (χ0n) is 15.9. The normalized spacial score (nSPS) is 11.2. The molecule has 7 heteroatoms. The number of anilines is 1. The Balaban J connectivity index is 1.86. The van der Waals surface area contributed by atoms with Gasteiger partial charge in [-0.05, 0) is 48.5 Å². The molecule has 1 aromatic carbocycles. The molecule has 5 aromatic rings. The largest absolute Gasteiger partial charge is 0.373 e. The van der Waals surface area contributed by atoms with E-state index in [1.54, 1.807) is 31.7 Å². The van der Waals surface area contributed by atoms with Crippen LogP contribution in [0.4, 0.5) is 14.6 Å². The molecule has 0 fully saturated rings. The van der Waals surface area contributed by atoms with Crippen LogP contribution in [0.5, 0.6) is 0 Å². The Labute approximate surface area is 170 Å². The molecule has 0 amide bonds. The smallest absolute Gasteiger partial charge is 0.160 e. The summed E-state index contributed by atoms with van der Waals surface area (Å²) in [4.78, 5) is 17.8. The molecule has 0 radical (unpaired) electrons. The van der Waals surface area contributed by atoms with Gasteiger partial charge in [0.1, 0.15) is 17.5 Å². The molecule has 0 saturated heterocycles. The second-order valence-electron chi connectivity index (χ2n) is 6.72. The molecule has 30 heavy (non-hydrogen) atoms. The molecular weight excluding hydrogens is 384 g/mol. The van der Waals surface area contributed by atoms with Crippen molar-refractivity contribution in [1.29, 1.82) is 0 Å². The van der Waals surface area contributed by atoms with Gasteiger partial charge < -0.3 is 5.32 Å². The van der Waals surface area contributed by atoms with Gasteiger partial charge >= 0.3 is 0 Å². The van der Waals surface area contributed by atoms with Crippen LogP contribution < -0.4 is 5.32 Å². The molecule has 0 aliphatic carbocycles. The molecule has 4 aromatic heterocycles. The average Bonchev–Trinajstić information content (AvgIpc) is 2.79. The first kappa shape index (κ1) is 18.1. The zero-order valence-corrected chi connectivity index (χ0v) is 15.9. The maximum Gasteiger partial charge on any atom is 0.160 e. The second-order valence-corrected chi connectivity index (χ2v) is 6.72.